The van der Waals surface area contributed by atoms with Crippen LogP contribution < -0.4 is 0 Å². The van der Waals surface area contributed by atoms with Crippen molar-refractivity contribution < 1.29 is 19.0 Å². The second-order valence-electron chi connectivity index (χ2n) is 4.38. The molecule has 2 atom stereocenters. The van der Waals surface area contributed by atoms with Crippen LogP contribution in [0.25, 0.3) is 0 Å². The SMILES string of the molecule is COC1CCCC(C=O)(OCc2ccccc2)O1. The lowest BCUT2D eigenvalue weighted by atomic mass is 10.1. The molecule has 4 nitrogen and oxygen atoms in total. The minimum absolute atomic E-state index is 0.357. The standard InChI is InChI=1S/C14H18O4/c1-16-13-8-5-9-14(11-15,18-13)17-10-12-6-3-2-4-7-12/h2-4,6-7,11,13H,5,8-10H2,1H3. The van der Waals surface area contributed by atoms with Crippen molar-refractivity contribution in [2.75, 3.05) is 7.11 Å². The molecule has 4 heteroatoms. The molecule has 1 aromatic rings. The third-order valence-corrected chi connectivity index (χ3v) is 3.06. The van der Waals surface area contributed by atoms with E-state index in [4.69, 9.17) is 14.2 Å². The summed E-state index contributed by atoms with van der Waals surface area (Å²) in [4.78, 5) is 11.3. The number of ether oxygens (including phenoxy) is 3. The third kappa shape index (κ3) is 3.16. The predicted molar refractivity (Wildman–Crippen MR) is 65.8 cm³/mol. The van der Waals surface area contributed by atoms with Crippen molar-refractivity contribution >= 4 is 6.29 Å². The number of methoxy groups -OCH3 is 1. The summed E-state index contributed by atoms with van der Waals surface area (Å²) >= 11 is 0. The van der Waals surface area contributed by atoms with E-state index in [9.17, 15) is 4.79 Å². The molecule has 0 N–H and O–H groups in total. The van der Waals surface area contributed by atoms with Crippen molar-refractivity contribution in [2.24, 2.45) is 0 Å². The number of hydrogen-bond acceptors (Lipinski definition) is 4. The normalized spacial score (nSPS) is 27.9. The highest BCUT2D eigenvalue weighted by Gasteiger charge is 2.38. The Bertz CT molecular complexity index is 379. The molecule has 2 rings (SSSR count). The van der Waals surface area contributed by atoms with Gasteiger partial charge in [-0.25, -0.2) is 0 Å². The number of carbonyl (C=O) groups is 1. The van der Waals surface area contributed by atoms with Gasteiger partial charge in [-0.3, -0.25) is 4.79 Å². The highest BCUT2D eigenvalue weighted by Crippen LogP contribution is 2.29. The fourth-order valence-electron chi connectivity index (χ4n) is 2.03. The lowest BCUT2D eigenvalue weighted by Gasteiger charge is -2.36. The molecule has 98 valence electrons. The van der Waals surface area contributed by atoms with E-state index in [1.165, 1.54) is 0 Å². The first-order chi connectivity index (χ1) is 8.78. The Kier molecular flexibility index (Phi) is 4.47. The van der Waals surface area contributed by atoms with E-state index in [1.54, 1.807) is 7.11 Å². The van der Waals surface area contributed by atoms with Crippen LogP contribution in [0.4, 0.5) is 0 Å². The Morgan fingerprint density at radius 1 is 1.44 bits per heavy atom. The van der Waals surface area contributed by atoms with Crippen LogP contribution in [0.3, 0.4) is 0 Å². The van der Waals surface area contributed by atoms with Crippen molar-refractivity contribution in [3.8, 4) is 0 Å². The highest BCUT2D eigenvalue weighted by molar-refractivity contribution is 5.60. The molecule has 0 saturated carbocycles. The molecule has 2 unspecified atom stereocenters. The summed E-state index contributed by atoms with van der Waals surface area (Å²) in [5, 5.41) is 0. The van der Waals surface area contributed by atoms with Gasteiger partial charge in [0.2, 0.25) is 5.79 Å². The second kappa shape index (κ2) is 6.09. The van der Waals surface area contributed by atoms with Crippen LogP contribution in [0.2, 0.25) is 0 Å². The van der Waals surface area contributed by atoms with Gasteiger partial charge in [0, 0.05) is 13.5 Å². The van der Waals surface area contributed by atoms with E-state index in [0.717, 1.165) is 24.7 Å². The molecule has 1 heterocycles. The van der Waals surface area contributed by atoms with Crippen molar-refractivity contribution in [1.82, 2.24) is 0 Å². The lowest BCUT2D eigenvalue weighted by Crippen LogP contribution is -2.45. The molecule has 1 fully saturated rings. The molecule has 1 aromatic carbocycles. The molecule has 18 heavy (non-hydrogen) atoms. The van der Waals surface area contributed by atoms with Crippen LogP contribution in [-0.2, 0) is 25.6 Å². The minimum atomic E-state index is -1.16. The maximum Gasteiger partial charge on any atom is 0.228 e. The molecule has 0 aliphatic carbocycles. The summed E-state index contributed by atoms with van der Waals surface area (Å²) in [6.45, 7) is 0.357. The Morgan fingerprint density at radius 3 is 2.89 bits per heavy atom. The van der Waals surface area contributed by atoms with Gasteiger partial charge in [-0.15, -0.1) is 0 Å². The fraction of sp³-hybridized carbons (Fsp3) is 0.500. The van der Waals surface area contributed by atoms with Crippen LogP contribution in [0, 0.1) is 0 Å². The van der Waals surface area contributed by atoms with Gasteiger partial charge in [0.25, 0.3) is 0 Å². The average molecular weight is 250 g/mol. The van der Waals surface area contributed by atoms with Crippen molar-refractivity contribution in [3.05, 3.63) is 35.9 Å². The van der Waals surface area contributed by atoms with Crippen LogP contribution in [-0.4, -0.2) is 25.5 Å². The zero-order valence-corrected chi connectivity index (χ0v) is 10.5. The van der Waals surface area contributed by atoms with E-state index in [-0.39, 0.29) is 6.29 Å². The summed E-state index contributed by atoms with van der Waals surface area (Å²) in [7, 11) is 1.57. The maximum absolute atomic E-state index is 11.3. The maximum atomic E-state index is 11.3. The highest BCUT2D eigenvalue weighted by atomic mass is 16.8. The molecule has 0 aromatic heterocycles. The molecule has 1 aliphatic heterocycles. The first-order valence-corrected chi connectivity index (χ1v) is 6.13. The van der Waals surface area contributed by atoms with E-state index in [2.05, 4.69) is 0 Å². The first kappa shape index (κ1) is 13.2. The molecule has 0 spiro atoms. The van der Waals surface area contributed by atoms with Crippen molar-refractivity contribution in [3.63, 3.8) is 0 Å². The molecule has 1 saturated heterocycles. The molecular formula is C14H18O4. The predicted octanol–water partition coefficient (Wildman–Crippen LogP) is 2.27. The smallest absolute Gasteiger partial charge is 0.228 e. The summed E-state index contributed by atoms with van der Waals surface area (Å²) in [6.07, 6.45) is 2.59. The van der Waals surface area contributed by atoms with Crippen LogP contribution in [0.5, 0.6) is 0 Å². The van der Waals surface area contributed by atoms with Gasteiger partial charge in [0.05, 0.1) is 6.61 Å². The van der Waals surface area contributed by atoms with E-state index >= 15 is 0 Å². The Labute approximate surface area is 107 Å². The zero-order chi connectivity index (χ0) is 12.8. The van der Waals surface area contributed by atoms with Crippen LogP contribution in [0.1, 0.15) is 24.8 Å². The van der Waals surface area contributed by atoms with Crippen LogP contribution >= 0.6 is 0 Å². The molecule has 0 amide bonds. The minimum Gasteiger partial charge on any atom is -0.356 e. The van der Waals surface area contributed by atoms with Gasteiger partial charge >= 0.3 is 0 Å². The third-order valence-electron chi connectivity index (χ3n) is 3.06. The Hall–Kier alpha value is -1.23. The largest absolute Gasteiger partial charge is 0.356 e. The van der Waals surface area contributed by atoms with Gasteiger partial charge in [-0.05, 0) is 18.4 Å². The molecule has 0 bridgehead atoms. The molecule has 1 aliphatic rings. The van der Waals surface area contributed by atoms with E-state index < -0.39 is 5.79 Å². The Morgan fingerprint density at radius 2 is 2.22 bits per heavy atom. The summed E-state index contributed by atoms with van der Waals surface area (Å²) < 4.78 is 16.4. The van der Waals surface area contributed by atoms with Crippen molar-refractivity contribution in [1.29, 1.82) is 0 Å². The number of benzene rings is 1. The fourth-order valence-corrected chi connectivity index (χ4v) is 2.03. The summed E-state index contributed by atoms with van der Waals surface area (Å²) in [6, 6.07) is 9.72. The van der Waals surface area contributed by atoms with Crippen molar-refractivity contribution in [2.45, 2.75) is 37.9 Å². The monoisotopic (exact) mass is 250 g/mol. The van der Waals surface area contributed by atoms with Gasteiger partial charge in [-0.2, -0.15) is 0 Å². The number of aldehydes is 1. The quantitative estimate of drug-likeness (QED) is 0.752. The van der Waals surface area contributed by atoms with Gasteiger partial charge in [0.1, 0.15) is 0 Å². The van der Waals surface area contributed by atoms with Gasteiger partial charge < -0.3 is 14.2 Å². The Balaban J connectivity index is 1.98. The topological polar surface area (TPSA) is 44.8 Å². The van der Waals surface area contributed by atoms with Gasteiger partial charge in [-0.1, -0.05) is 30.3 Å². The number of hydrogen-bond donors (Lipinski definition) is 0. The molecular weight excluding hydrogens is 232 g/mol. The first-order valence-electron chi connectivity index (χ1n) is 6.13. The average Bonchev–Trinajstić information content (AvgIpc) is 2.46. The summed E-state index contributed by atoms with van der Waals surface area (Å²) in [5.41, 5.74) is 1.02. The summed E-state index contributed by atoms with van der Waals surface area (Å²) in [5.74, 6) is -1.16. The van der Waals surface area contributed by atoms with E-state index in [0.29, 0.717) is 13.0 Å². The van der Waals surface area contributed by atoms with Crippen LogP contribution in [0.15, 0.2) is 30.3 Å². The zero-order valence-electron chi connectivity index (χ0n) is 10.5. The number of carbonyl (C=O) groups excluding carboxylic acids is 1. The molecule has 0 radical (unpaired) electrons. The number of rotatable bonds is 5. The second-order valence-corrected chi connectivity index (χ2v) is 4.38. The van der Waals surface area contributed by atoms with Gasteiger partial charge in [0.15, 0.2) is 12.6 Å². The van der Waals surface area contributed by atoms with E-state index in [1.807, 2.05) is 30.3 Å². The lowest BCUT2D eigenvalue weighted by molar-refractivity contribution is -0.307.